The average Bonchev–Trinajstić information content (AvgIpc) is 2.45. The minimum absolute atomic E-state index is 0.0122. The maximum Gasteiger partial charge on any atom is 0.314 e. The van der Waals surface area contributed by atoms with Gasteiger partial charge in [-0.3, -0.25) is 4.79 Å². The topological polar surface area (TPSA) is 61.4 Å². The average molecular weight is 326 g/mol. The second kappa shape index (κ2) is 8.03. The molecule has 122 valence electrons. The molecule has 5 nitrogen and oxygen atoms in total. The molecule has 0 aromatic heterocycles. The summed E-state index contributed by atoms with van der Waals surface area (Å²) in [5.74, 6) is -0.0122. The standard InChI is InChI=1S/C16H24ClN3O2/c1-16(2,12-5-7-13(17)8-6-12)11-19-15(22)18-10-9-14(21)20(3)4/h5-8H,9-11H2,1-4H3,(H2,18,19,22). The van der Waals surface area contributed by atoms with E-state index in [9.17, 15) is 9.59 Å². The summed E-state index contributed by atoms with van der Waals surface area (Å²) in [6.07, 6.45) is 0.293. The highest BCUT2D eigenvalue weighted by atomic mass is 35.5. The molecule has 0 saturated heterocycles. The monoisotopic (exact) mass is 325 g/mol. The van der Waals surface area contributed by atoms with Crippen LogP contribution in [0.15, 0.2) is 24.3 Å². The van der Waals surface area contributed by atoms with Crippen molar-refractivity contribution in [3.63, 3.8) is 0 Å². The first-order valence-corrected chi connectivity index (χ1v) is 7.58. The third-order valence-electron chi connectivity index (χ3n) is 3.44. The molecule has 0 unspecified atom stereocenters. The summed E-state index contributed by atoms with van der Waals surface area (Å²) in [5.41, 5.74) is 0.890. The van der Waals surface area contributed by atoms with Crippen molar-refractivity contribution in [3.8, 4) is 0 Å². The van der Waals surface area contributed by atoms with Crippen LogP contribution >= 0.6 is 11.6 Å². The maximum absolute atomic E-state index is 11.8. The SMILES string of the molecule is CN(C)C(=O)CCNC(=O)NCC(C)(C)c1ccc(Cl)cc1. The maximum atomic E-state index is 11.8. The van der Waals surface area contributed by atoms with Crippen molar-refractivity contribution in [1.82, 2.24) is 15.5 Å². The van der Waals surface area contributed by atoms with Crippen molar-refractivity contribution < 1.29 is 9.59 Å². The Kier molecular flexibility index (Phi) is 6.68. The first-order chi connectivity index (χ1) is 10.2. The fraction of sp³-hybridized carbons (Fsp3) is 0.500. The molecule has 6 heteroatoms. The molecule has 0 atom stereocenters. The van der Waals surface area contributed by atoms with Crippen molar-refractivity contribution in [2.24, 2.45) is 0 Å². The Morgan fingerprint density at radius 3 is 2.27 bits per heavy atom. The van der Waals surface area contributed by atoms with E-state index < -0.39 is 0 Å². The molecular formula is C16H24ClN3O2. The molecule has 1 rings (SSSR count). The van der Waals surface area contributed by atoms with Gasteiger partial charge < -0.3 is 15.5 Å². The van der Waals surface area contributed by atoms with Gasteiger partial charge in [-0.2, -0.15) is 0 Å². The lowest BCUT2D eigenvalue weighted by Gasteiger charge is -2.25. The van der Waals surface area contributed by atoms with E-state index in [1.54, 1.807) is 14.1 Å². The van der Waals surface area contributed by atoms with Crippen LogP contribution in [0.3, 0.4) is 0 Å². The van der Waals surface area contributed by atoms with Gasteiger partial charge in [0, 0.05) is 44.0 Å². The molecule has 0 heterocycles. The van der Waals surface area contributed by atoms with E-state index in [1.807, 2.05) is 38.1 Å². The van der Waals surface area contributed by atoms with Crippen LogP contribution in [0, 0.1) is 0 Å². The number of benzene rings is 1. The van der Waals surface area contributed by atoms with Crippen molar-refractivity contribution in [2.75, 3.05) is 27.2 Å². The number of halogens is 1. The zero-order valence-electron chi connectivity index (χ0n) is 13.6. The van der Waals surface area contributed by atoms with Gasteiger partial charge in [0.2, 0.25) is 5.91 Å². The Balaban J connectivity index is 2.39. The molecule has 0 fully saturated rings. The highest BCUT2D eigenvalue weighted by molar-refractivity contribution is 6.30. The van der Waals surface area contributed by atoms with Gasteiger partial charge in [0.1, 0.15) is 0 Å². The lowest BCUT2D eigenvalue weighted by Crippen LogP contribution is -2.43. The van der Waals surface area contributed by atoms with Gasteiger partial charge in [0.15, 0.2) is 0 Å². The van der Waals surface area contributed by atoms with Crippen molar-refractivity contribution in [3.05, 3.63) is 34.9 Å². The molecular weight excluding hydrogens is 302 g/mol. The van der Waals surface area contributed by atoms with Gasteiger partial charge in [0.25, 0.3) is 0 Å². The van der Waals surface area contributed by atoms with Gasteiger partial charge in [0.05, 0.1) is 0 Å². The third-order valence-corrected chi connectivity index (χ3v) is 3.69. The molecule has 0 bridgehead atoms. The summed E-state index contributed by atoms with van der Waals surface area (Å²) in [4.78, 5) is 24.7. The fourth-order valence-corrected chi connectivity index (χ4v) is 2.00. The van der Waals surface area contributed by atoms with Crippen molar-refractivity contribution in [2.45, 2.75) is 25.7 Å². The molecule has 22 heavy (non-hydrogen) atoms. The van der Waals surface area contributed by atoms with E-state index in [4.69, 9.17) is 11.6 Å². The van der Waals surface area contributed by atoms with Crippen LogP contribution in [0.4, 0.5) is 4.79 Å². The number of nitrogens with one attached hydrogen (secondary N) is 2. The Bertz CT molecular complexity index is 513. The molecule has 2 N–H and O–H groups in total. The van der Waals surface area contributed by atoms with Crippen molar-refractivity contribution >= 4 is 23.5 Å². The van der Waals surface area contributed by atoms with E-state index in [-0.39, 0.29) is 17.4 Å². The van der Waals surface area contributed by atoms with Crippen LogP contribution < -0.4 is 10.6 Å². The number of rotatable bonds is 6. The summed E-state index contributed by atoms with van der Waals surface area (Å²) in [6, 6.07) is 7.32. The minimum Gasteiger partial charge on any atom is -0.349 e. The summed E-state index contributed by atoms with van der Waals surface area (Å²) >= 11 is 5.88. The molecule has 0 radical (unpaired) electrons. The second-order valence-corrected chi connectivity index (χ2v) is 6.47. The van der Waals surface area contributed by atoms with Crippen LogP contribution in [-0.2, 0) is 10.2 Å². The van der Waals surface area contributed by atoms with Crippen LogP contribution in [-0.4, -0.2) is 44.0 Å². The van der Waals surface area contributed by atoms with Crippen LogP contribution in [0.2, 0.25) is 5.02 Å². The Labute approximate surface area is 137 Å². The minimum atomic E-state index is -0.270. The van der Waals surface area contributed by atoms with E-state index in [0.717, 1.165) is 5.56 Å². The van der Waals surface area contributed by atoms with E-state index >= 15 is 0 Å². The van der Waals surface area contributed by atoms with Crippen LogP contribution in [0.5, 0.6) is 0 Å². The Morgan fingerprint density at radius 1 is 1.14 bits per heavy atom. The molecule has 0 saturated carbocycles. The summed E-state index contributed by atoms with van der Waals surface area (Å²) in [5, 5.41) is 6.20. The largest absolute Gasteiger partial charge is 0.349 e. The highest BCUT2D eigenvalue weighted by Crippen LogP contribution is 2.23. The predicted molar refractivity (Wildman–Crippen MR) is 89.2 cm³/mol. The molecule has 0 aliphatic heterocycles. The summed E-state index contributed by atoms with van der Waals surface area (Å²) < 4.78 is 0. The molecule has 0 aliphatic rings. The molecule has 1 aromatic rings. The first kappa shape index (κ1) is 18.3. The molecule has 1 aromatic carbocycles. The number of urea groups is 1. The second-order valence-electron chi connectivity index (χ2n) is 6.04. The number of hydrogen-bond acceptors (Lipinski definition) is 2. The highest BCUT2D eigenvalue weighted by Gasteiger charge is 2.21. The Morgan fingerprint density at radius 2 is 1.73 bits per heavy atom. The van der Waals surface area contributed by atoms with E-state index in [2.05, 4.69) is 10.6 Å². The van der Waals surface area contributed by atoms with Gasteiger partial charge in [-0.1, -0.05) is 37.6 Å². The van der Waals surface area contributed by atoms with Gasteiger partial charge in [-0.25, -0.2) is 4.79 Å². The van der Waals surface area contributed by atoms with E-state index in [0.29, 0.717) is 24.5 Å². The number of carbonyl (C=O) groups excluding carboxylic acids is 2. The smallest absolute Gasteiger partial charge is 0.314 e. The zero-order valence-corrected chi connectivity index (χ0v) is 14.3. The lowest BCUT2D eigenvalue weighted by atomic mass is 9.85. The van der Waals surface area contributed by atoms with E-state index in [1.165, 1.54) is 4.90 Å². The summed E-state index contributed by atoms with van der Waals surface area (Å²) in [6.45, 7) is 4.91. The van der Waals surface area contributed by atoms with Crippen molar-refractivity contribution in [1.29, 1.82) is 0 Å². The third kappa shape index (κ3) is 5.93. The normalized spacial score (nSPS) is 11.0. The van der Waals surface area contributed by atoms with Gasteiger partial charge in [-0.05, 0) is 17.7 Å². The van der Waals surface area contributed by atoms with Gasteiger partial charge in [-0.15, -0.1) is 0 Å². The van der Waals surface area contributed by atoms with Crippen LogP contribution in [0.25, 0.3) is 0 Å². The number of amides is 3. The lowest BCUT2D eigenvalue weighted by molar-refractivity contribution is -0.128. The fourth-order valence-electron chi connectivity index (χ4n) is 1.87. The summed E-state index contributed by atoms with van der Waals surface area (Å²) in [7, 11) is 3.38. The first-order valence-electron chi connectivity index (χ1n) is 7.20. The van der Waals surface area contributed by atoms with Gasteiger partial charge >= 0.3 is 6.03 Å². The molecule has 0 aliphatic carbocycles. The number of carbonyl (C=O) groups is 2. The zero-order chi connectivity index (χ0) is 16.8. The number of hydrogen-bond donors (Lipinski definition) is 2. The number of nitrogens with zero attached hydrogens (tertiary/aromatic N) is 1. The Hall–Kier alpha value is -1.75. The van der Waals surface area contributed by atoms with Crippen LogP contribution in [0.1, 0.15) is 25.8 Å². The molecule has 3 amide bonds. The predicted octanol–water partition coefficient (Wildman–Crippen LogP) is 2.40. The molecule has 0 spiro atoms. The quantitative estimate of drug-likeness (QED) is 0.843.